The number of rotatable bonds is 2. The zero-order valence-corrected chi connectivity index (χ0v) is 10.8. The third-order valence-corrected chi connectivity index (χ3v) is 2.08. The van der Waals surface area contributed by atoms with Gasteiger partial charge in [-0.3, -0.25) is 4.79 Å². The molecule has 0 aliphatic carbocycles. The van der Waals surface area contributed by atoms with Crippen molar-refractivity contribution in [3.63, 3.8) is 0 Å². The molecule has 0 atom stereocenters. The fourth-order valence-electron chi connectivity index (χ4n) is 1.36. The van der Waals surface area contributed by atoms with Crippen LogP contribution in [0.25, 0.3) is 5.32 Å². The van der Waals surface area contributed by atoms with Crippen molar-refractivity contribution in [2.45, 2.75) is 26.2 Å². The molecule has 12 heavy (non-hydrogen) atoms. The first-order valence-corrected chi connectivity index (χ1v) is 4.00. The third kappa shape index (κ3) is 4.37. The molecule has 70 valence electrons. The molecule has 0 saturated carbocycles. The average Bonchev–Trinajstić information content (AvgIpc) is 2.05. The van der Waals surface area contributed by atoms with Crippen LogP contribution in [-0.4, -0.2) is 18.9 Å². The van der Waals surface area contributed by atoms with Crippen LogP contribution in [0.5, 0.6) is 0 Å². The predicted molar refractivity (Wildman–Crippen MR) is 47.5 cm³/mol. The molecule has 1 aliphatic heterocycles. The SMILES string of the molecule is CCC(=O)C1CC[N-]CC1.[CH3-].[W+2]. The van der Waals surface area contributed by atoms with E-state index in [0.717, 1.165) is 25.9 Å². The Balaban J connectivity index is 0. The largest absolute Gasteiger partial charge is 2.00 e. The molecule has 1 aliphatic rings. The van der Waals surface area contributed by atoms with Crippen molar-refractivity contribution >= 4 is 5.78 Å². The minimum atomic E-state index is 0. The van der Waals surface area contributed by atoms with Gasteiger partial charge in [0.1, 0.15) is 5.78 Å². The molecule has 0 aromatic heterocycles. The van der Waals surface area contributed by atoms with E-state index in [0.29, 0.717) is 18.1 Å². The van der Waals surface area contributed by atoms with E-state index in [1.165, 1.54) is 0 Å². The molecule has 1 fully saturated rings. The van der Waals surface area contributed by atoms with Gasteiger partial charge >= 0.3 is 21.1 Å². The maximum atomic E-state index is 11.1. The summed E-state index contributed by atoms with van der Waals surface area (Å²) >= 11 is 0. The topological polar surface area (TPSA) is 31.2 Å². The molecule has 3 heteroatoms. The van der Waals surface area contributed by atoms with E-state index in [9.17, 15) is 4.79 Å². The Morgan fingerprint density at radius 2 is 1.92 bits per heavy atom. The fraction of sp³-hybridized carbons (Fsp3) is 0.778. The number of hydrogen-bond acceptors (Lipinski definition) is 1. The van der Waals surface area contributed by atoms with Gasteiger partial charge in [0, 0.05) is 12.3 Å². The Bertz CT molecular complexity index is 122. The number of ketones is 1. The van der Waals surface area contributed by atoms with E-state index in [1.54, 1.807) is 0 Å². The van der Waals surface area contributed by atoms with E-state index in [-0.39, 0.29) is 28.5 Å². The molecule has 1 heterocycles. The Morgan fingerprint density at radius 1 is 1.42 bits per heavy atom. The summed E-state index contributed by atoms with van der Waals surface area (Å²) in [5.41, 5.74) is 0. The summed E-state index contributed by atoms with van der Waals surface area (Å²) in [6.45, 7) is 3.74. The quantitative estimate of drug-likeness (QED) is 0.710. The van der Waals surface area contributed by atoms with Crippen molar-refractivity contribution in [2.24, 2.45) is 5.92 Å². The monoisotopic (exact) mass is 339 g/mol. The number of piperidine rings is 1. The number of carbonyl (C=O) groups is 1. The summed E-state index contributed by atoms with van der Waals surface area (Å²) in [7, 11) is 0. The van der Waals surface area contributed by atoms with Gasteiger partial charge in [-0.05, 0) is 0 Å². The zero-order valence-electron chi connectivity index (χ0n) is 7.88. The van der Waals surface area contributed by atoms with Gasteiger partial charge in [0.15, 0.2) is 0 Å². The minimum Gasteiger partial charge on any atom is -0.662 e. The number of carbonyl (C=O) groups excluding carboxylic acids is 1. The van der Waals surface area contributed by atoms with Gasteiger partial charge in [-0.25, -0.2) is 0 Å². The second kappa shape index (κ2) is 7.94. The van der Waals surface area contributed by atoms with Crippen molar-refractivity contribution in [1.29, 1.82) is 0 Å². The standard InChI is InChI=1S/C8H14NO.CH3.W/c1-2-8(10)7-3-5-9-6-4-7;;/h7H,2-6H2,1H3;1H3;/q2*-1;+2. The molecular weight excluding hydrogens is 322 g/mol. The first-order valence-electron chi connectivity index (χ1n) is 4.00. The molecule has 0 bridgehead atoms. The van der Waals surface area contributed by atoms with Crippen molar-refractivity contribution in [2.75, 3.05) is 13.1 Å². The van der Waals surface area contributed by atoms with E-state index in [4.69, 9.17) is 0 Å². The van der Waals surface area contributed by atoms with Crippen LogP contribution < -0.4 is 0 Å². The van der Waals surface area contributed by atoms with Gasteiger partial charge in [0.05, 0.1) is 0 Å². The summed E-state index contributed by atoms with van der Waals surface area (Å²) in [5.74, 6) is 0.761. The Hall–Kier alpha value is 0.318. The van der Waals surface area contributed by atoms with Gasteiger partial charge in [-0.15, -0.1) is 13.1 Å². The molecule has 1 saturated heterocycles. The van der Waals surface area contributed by atoms with Crippen LogP contribution >= 0.6 is 0 Å². The first kappa shape index (κ1) is 14.8. The summed E-state index contributed by atoms with van der Waals surface area (Å²) in [6, 6.07) is 0. The molecule has 0 N–H and O–H groups in total. The van der Waals surface area contributed by atoms with Crippen molar-refractivity contribution < 1.29 is 25.9 Å². The normalized spacial score (nSPS) is 17.4. The van der Waals surface area contributed by atoms with Crippen molar-refractivity contribution in [3.05, 3.63) is 12.7 Å². The Labute approximate surface area is 89.8 Å². The molecule has 0 unspecified atom stereocenters. The van der Waals surface area contributed by atoms with Crippen LogP contribution in [0.4, 0.5) is 0 Å². The molecule has 0 spiro atoms. The average molecular weight is 339 g/mol. The van der Waals surface area contributed by atoms with Gasteiger partial charge in [0.25, 0.3) is 0 Å². The molecule has 0 aromatic rings. The maximum Gasteiger partial charge on any atom is 2.00 e. The second-order valence-electron chi connectivity index (χ2n) is 2.76. The van der Waals surface area contributed by atoms with Crippen LogP contribution in [0.1, 0.15) is 26.2 Å². The van der Waals surface area contributed by atoms with Gasteiger partial charge < -0.3 is 12.7 Å². The van der Waals surface area contributed by atoms with E-state index >= 15 is 0 Å². The third-order valence-electron chi connectivity index (χ3n) is 2.08. The Kier molecular flexibility index (Phi) is 9.81. The van der Waals surface area contributed by atoms with E-state index in [1.807, 2.05) is 6.92 Å². The summed E-state index contributed by atoms with van der Waals surface area (Å²) < 4.78 is 0. The van der Waals surface area contributed by atoms with Crippen LogP contribution in [0.15, 0.2) is 0 Å². The summed E-state index contributed by atoms with van der Waals surface area (Å²) in [5, 5.41) is 4.19. The summed E-state index contributed by atoms with van der Waals surface area (Å²) in [6.07, 6.45) is 2.68. The number of nitrogens with zero attached hydrogens (tertiary/aromatic N) is 1. The maximum absolute atomic E-state index is 11.1. The molecule has 0 amide bonds. The second-order valence-corrected chi connectivity index (χ2v) is 2.76. The predicted octanol–water partition coefficient (Wildman–Crippen LogP) is 2.20. The van der Waals surface area contributed by atoms with Crippen LogP contribution in [-0.2, 0) is 25.9 Å². The Morgan fingerprint density at radius 3 is 2.33 bits per heavy atom. The fourth-order valence-corrected chi connectivity index (χ4v) is 1.36. The smallest absolute Gasteiger partial charge is 0.662 e. The molecule has 2 nitrogen and oxygen atoms in total. The zero-order chi connectivity index (χ0) is 7.40. The number of hydrogen-bond donors (Lipinski definition) is 0. The van der Waals surface area contributed by atoms with Gasteiger partial charge in [0.2, 0.25) is 0 Å². The molecule has 0 radical (unpaired) electrons. The van der Waals surface area contributed by atoms with Crippen molar-refractivity contribution in [1.82, 2.24) is 0 Å². The van der Waals surface area contributed by atoms with Gasteiger partial charge in [-0.2, -0.15) is 0 Å². The van der Waals surface area contributed by atoms with Crippen molar-refractivity contribution in [3.8, 4) is 0 Å². The summed E-state index contributed by atoms with van der Waals surface area (Å²) in [4.78, 5) is 11.1. The number of Topliss-reactive ketones (excluding diaryl/α,β-unsaturated/α-hetero) is 1. The van der Waals surface area contributed by atoms with Crippen LogP contribution in [0.3, 0.4) is 0 Å². The molecule has 0 aromatic carbocycles. The minimum absolute atomic E-state index is 0. The van der Waals surface area contributed by atoms with E-state index < -0.39 is 0 Å². The van der Waals surface area contributed by atoms with Gasteiger partial charge in [-0.1, -0.05) is 19.8 Å². The van der Waals surface area contributed by atoms with E-state index in [2.05, 4.69) is 5.32 Å². The van der Waals surface area contributed by atoms with Crippen LogP contribution in [0, 0.1) is 13.3 Å². The molecule has 1 rings (SSSR count). The van der Waals surface area contributed by atoms with Crippen LogP contribution in [0.2, 0.25) is 0 Å². The first-order chi connectivity index (χ1) is 4.84. The molecular formula is C9H17NOW.